The monoisotopic (exact) mass is 256 g/mol. The van der Waals surface area contributed by atoms with E-state index in [4.69, 9.17) is 16.7 Å². The van der Waals surface area contributed by atoms with E-state index in [0.717, 1.165) is 11.4 Å². The molecular weight excluding hydrogens is 240 g/mol. The lowest BCUT2D eigenvalue weighted by Crippen LogP contribution is -2.29. The Morgan fingerprint density at radius 2 is 2.18 bits per heavy atom. The van der Waals surface area contributed by atoms with Crippen LogP contribution in [0.1, 0.15) is 13.3 Å². The van der Waals surface area contributed by atoms with Crippen LogP contribution in [0.15, 0.2) is 18.2 Å². The van der Waals surface area contributed by atoms with E-state index in [1.54, 1.807) is 12.1 Å². The average molecular weight is 257 g/mol. The van der Waals surface area contributed by atoms with Crippen molar-refractivity contribution >= 4 is 28.9 Å². The van der Waals surface area contributed by atoms with Crippen molar-refractivity contribution in [2.24, 2.45) is 0 Å². The maximum Gasteiger partial charge on any atom is 0.326 e. The van der Waals surface area contributed by atoms with Crippen molar-refractivity contribution in [2.45, 2.75) is 19.4 Å². The molecule has 2 N–H and O–H groups in total. The third-order valence-corrected chi connectivity index (χ3v) is 2.71. The molecule has 0 aliphatic heterocycles. The lowest BCUT2D eigenvalue weighted by atomic mass is 10.2. The minimum Gasteiger partial charge on any atom is -0.480 e. The van der Waals surface area contributed by atoms with Gasteiger partial charge in [0.25, 0.3) is 0 Å². The Morgan fingerprint density at radius 1 is 1.53 bits per heavy atom. The molecule has 0 aliphatic rings. The number of hydrogen-bond donors (Lipinski definition) is 2. The fourth-order valence-electron chi connectivity index (χ4n) is 1.54. The first-order chi connectivity index (χ1) is 7.95. The van der Waals surface area contributed by atoms with Gasteiger partial charge in [0.2, 0.25) is 0 Å². The number of carboxylic acids is 1. The topological polar surface area (TPSA) is 52.6 Å². The molecule has 0 radical (unpaired) electrons. The molecular formula is C12H17ClN2O2. The maximum absolute atomic E-state index is 11.0. The van der Waals surface area contributed by atoms with Gasteiger partial charge in [0.1, 0.15) is 6.04 Å². The van der Waals surface area contributed by atoms with Gasteiger partial charge in [-0.25, -0.2) is 4.79 Å². The number of aliphatic carboxylic acids is 1. The molecule has 0 fully saturated rings. The van der Waals surface area contributed by atoms with Crippen molar-refractivity contribution in [2.75, 3.05) is 24.3 Å². The Balaban J connectivity index is 3.02. The van der Waals surface area contributed by atoms with Gasteiger partial charge in [-0.3, -0.25) is 0 Å². The molecule has 0 saturated carbocycles. The Kier molecular flexibility index (Phi) is 4.63. The quantitative estimate of drug-likeness (QED) is 0.851. The zero-order valence-electron chi connectivity index (χ0n) is 10.2. The van der Waals surface area contributed by atoms with E-state index in [0.29, 0.717) is 11.4 Å². The molecule has 0 saturated heterocycles. The lowest BCUT2D eigenvalue weighted by Gasteiger charge is -2.21. The summed E-state index contributed by atoms with van der Waals surface area (Å²) in [6.45, 7) is 1.83. The highest BCUT2D eigenvalue weighted by Crippen LogP contribution is 2.28. The number of carboxylic acid groups (broad SMARTS) is 1. The molecule has 5 heteroatoms. The third-order valence-electron chi connectivity index (χ3n) is 2.48. The summed E-state index contributed by atoms with van der Waals surface area (Å²) in [6, 6.07) is 4.78. The molecule has 0 aromatic heterocycles. The van der Waals surface area contributed by atoms with Gasteiger partial charge in [-0.1, -0.05) is 18.5 Å². The lowest BCUT2D eigenvalue weighted by molar-refractivity contribution is -0.137. The molecule has 1 unspecified atom stereocenters. The van der Waals surface area contributed by atoms with E-state index in [1.807, 2.05) is 32.0 Å². The summed E-state index contributed by atoms with van der Waals surface area (Å²) in [5.74, 6) is -0.864. The van der Waals surface area contributed by atoms with Crippen LogP contribution in [-0.2, 0) is 4.79 Å². The van der Waals surface area contributed by atoms with Crippen molar-refractivity contribution in [3.8, 4) is 0 Å². The zero-order chi connectivity index (χ0) is 13.0. The van der Waals surface area contributed by atoms with Gasteiger partial charge in [0.15, 0.2) is 0 Å². The summed E-state index contributed by atoms with van der Waals surface area (Å²) in [5, 5.41) is 12.6. The molecule has 0 heterocycles. The zero-order valence-corrected chi connectivity index (χ0v) is 11.0. The summed E-state index contributed by atoms with van der Waals surface area (Å²) >= 11 is 5.92. The Labute approximate surface area is 106 Å². The molecule has 17 heavy (non-hydrogen) atoms. The average Bonchev–Trinajstić information content (AvgIpc) is 2.25. The van der Waals surface area contributed by atoms with Crippen molar-refractivity contribution in [3.05, 3.63) is 23.2 Å². The number of nitrogens with one attached hydrogen (secondary N) is 1. The summed E-state index contributed by atoms with van der Waals surface area (Å²) in [4.78, 5) is 12.9. The third kappa shape index (κ3) is 3.53. The molecule has 0 aliphatic carbocycles. The highest BCUT2D eigenvalue weighted by molar-refractivity contribution is 6.31. The first-order valence-electron chi connectivity index (χ1n) is 5.42. The second-order valence-corrected chi connectivity index (χ2v) is 4.44. The summed E-state index contributed by atoms with van der Waals surface area (Å²) < 4.78 is 0. The minimum atomic E-state index is -0.864. The smallest absolute Gasteiger partial charge is 0.326 e. The van der Waals surface area contributed by atoms with E-state index in [-0.39, 0.29) is 0 Å². The number of rotatable bonds is 5. The summed E-state index contributed by atoms with van der Waals surface area (Å²) in [6.07, 6.45) is 0.509. The van der Waals surface area contributed by atoms with Crippen LogP contribution < -0.4 is 10.2 Å². The standard InChI is InChI=1S/C12H17ClN2O2/c1-4-9(12(16)17)14-10-7-8(13)5-6-11(10)15(2)3/h5-7,9,14H,4H2,1-3H3,(H,16,17). The second kappa shape index (κ2) is 5.77. The number of carbonyl (C=O) groups is 1. The molecule has 94 valence electrons. The van der Waals surface area contributed by atoms with Crippen LogP contribution in [0.3, 0.4) is 0 Å². The fourth-order valence-corrected chi connectivity index (χ4v) is 1.71. The van der Waals surface area contributed by atoms with Gasteiger partial charge in [-0.2, -0.15) is 0 Å². The number of nitrogens with zero attached hydrogens (tertiary/aromatic N) is 1. The highest BCUT2D eigenvalue weighted by Gasteiger charge is 2.16. The molecule has 4 nitrogen and oxygen atoms in total. The molecule has 1 atom stereocenters. The molecule has 0 amide bonds. The van der Waals surface area contributed by atoms with Crippen molar-refractivity contribution in [1.82, 2.24) is 0 Å². The second-order valence-electron chi connectivity index (χ2n) is 4.00. The largest absolute Gasteiger partial charge is 0.480 e. The molecule has 1 aromatic rings. The Hall–Kier alpha value is -1.42. The number of anilines is 2. The predicted molar refractivity (Wildman–Crippen MR) is 71.1 cm³/mol. The maximum atomic E-state index is 11.0. The highest BCUT2D eigenvalue weighted by atomic mass is 35.5. The van der Waals surface area contributed by atoms with Gasteiger partial charge >= 0.3 is 5.97 Å². The van der Waals surface area contributed by atoms with Gasteiger partial charge in [0.05, 0.1) is 11.4 Å². The summed E-state index contributed by atoms with van der Waals surface area (Å²) in [7, 11) is 3.80. The normalized spacial score (nSPS) is 12.0. The van der Waals surface area contributed by atoms with Gasteiger partial charge < -0.3 is 15.3 Å². The fraction of sp³-hybridized carbons (Fsp3) is 0.417. The first-order valence-corrected chi connectivity index (χ1v) is 5.79. The SMILES string of the molecule is CCC(Nc1cc(Cl)ccc1N(C)C)C(=O)O. The molecule has 0 spiro atoms. The van der Waals surface area contributed by atoms with Crippen LogP contribution in [-0.4, -0.2) is 31.2 Å². The van der Waals surface area contributed by atoms with Crippen LogP contribution in [0.4, 0.5) is 11.4 Å². The van der Waals surface area contributed by atoms with Crippen LogP contribution >= 0.6 is 11.6 Å². The van der Waals surface area contributed by atoms with Crippen molar-refractivity contribution in [3.63, 3.8) is 0 Å². The molecule has 1 rings (SSSR count). The van der Waals surface area contributed by atoms with Crippen LogP contribution in [0.2, 0.25) is 5.02 Å². The predicted octanol–water partition coefficient (Wildman–Crippen LogP) is 2.68. The Morgan fingerprint density at radius 3 is 2.65 bits per heavy atom. The van der Waals surface area contributed by atoms with Crippen molar-refractivity contribution in [1.29, 1.82) is 0 Å². The molecule has 0 bridgehead atoms. The van der Waals surface area contributed by atoms with E-state index >= 15 is 0 Å². The van der Waals surface area contributed by atoms with E-state index < -0.39 is 12.0 Å². The number of hydrogen-bond acceptors (Lipinski definition) is 3. The van der Waals surface area contributed by atoms with E-state index in [9.17, 15) is 4.79 Å². The number of halogens is 1. The van der Waals surface area contributed by atoms with Crippen LogP contribution in [0.5, 0.6) is 0 Å². The van der Waals surface area contributed by atoms with Crippen LogP contribution in [0.25, 0.3) is 0 Å². The first kappa shape index (κ1) is 13.6. The van der Waals surface area contributed by atoms with Crippen LogP contribution in [0, 0.1) is 0 Å². The van der Waals surface area contributed by atoms with Gasteiger partial charge in [-0.15, -0.1) is 0 Å². The van der Waals surface area contributed by atoms with Gasteiger partial charge in [0, 0.05) is 19.1 Å². The minimum absolute atomic E-state index is 0.509. The Bertz CT molecular complexity index is 407. The molecule has 1 aromatic carbocycles. The summed E-state index contributed by atoms with van der Waals surface area (Å²) in [5.41, 5.74) is 1.64. The van der Waals surface area contributed by atoms with Gasteiger partial charge in [-0.05, 0) is 24.6 Å². The van der Waals surface area contributed by atoms with Crippen molar-refractivity contribution < 1.29 is 9.90 Å². The van der Waals surface area contributed by atoms with E-state index in [1.165, 1.54) is 0 Å². The van der Waals surface area contributed by atoms with E-state index in [2.05, 4.69) is 5.32 Å². The number of benzene rings is 1.